The smallest absolute Gasteiger partial charge is 0.161 e. The van der Waals surface area contributed by atoms with E-state index in [1.165, 1.54) is 0 Å². The molecule has 0 spiro atoms. The molecule has 0 saturated carbocycles. The molecule has 0 aliphatic rings. The minimum atomic E-state index is 0.345. The van der Waals surface area contributed by atoms with Crippen molar-refractivity contribution < 1.29 is 9.47 Å². The molecule has 0 radical (unpaired) electrons. The summed E-state index contributed by atoms with van der Waals surface area (Å²) in [6, 6.07) is 7.46. The van der Waals surface area contributed by atoms with Gasteiger partial charge in [0, 0.05) is 30.9 Å². The topological polar surface area (TPSA) is 62.3 Å². The Labute approximate surface area is 129 Å². The molecule has 2 rings (SSSR count). The molecule has 2 aromatic rings. The number of hydrogen-bond acceptors (Lipinski definition) is 4. The Balaban J connectivity index is 2.04. The third kappa shape index (κ3) is 3.95. The van der Waals surface area contributed by atoms with Crippen LogP contribution in [0.5, 0.6) is 11.5 Å². The lowest BCUT2D eigenvalue weighted by atomic mass is 10.2. The van der Waals surface area contributed by atoms with Crippen LogP contribution in [0, 0.1) is 0 Å². The van der Waals surface area contributed by atoms with E-state index in [0.717, 1.165) is 17.7 Å². The van der Waals surface area contributed by atoms with Gasteiger partial charge in [-0.25, -0.2) is 0 Å². The van der Waals surface area contributed by atoms with E-state index in [4.69, 9.17) is 27.4 Å². The van der Waals surface area contributed by atoms with E-state index in [1.54, 1.807) is 6.20 Å². The fourth-order valence-electron chi connectivity index (χ4n) is 1.96. The molecule has 6 heteroatoms. The fourth-order valence-corrected chi connectivity index (χ4v) is 2.09. The molecule has 0 atom stereocenters. The summed E-state index contributed by atoms with van der Waals surface area (Å²) in [7, 11) is 1.91. The number of aromatic nitrogens is 2. The maximum absolute atomic E-state index is 5.80. The van der Waals surface area contributed by atoms with Gasteiger partial charge in [0.15, 0.2) is 11.5 Å². The zero-order valence-corrected chi connectivity index (χ0v) is 13.0. The number of thiocarbonyl (C=S) groups is 1. The Hall–Kier alpha value is -2.08. The molecule has 0 aliphatic carbocycles. The number of benzene rings is 1. The average Bonchev–Trinajstić information content (AvgIpc) is 2.86. The van der Waals surface area contributed by atoms with Crippen LogP contribution in [0.3, 0.4) is 0 Å². The van der Waals surface area contributed by atoms with E-state index in [1.807, 2.05) is 42.9 Å². The quantitative estimate of drug-likeness (QED) is 0.794. The maximum Gasteiger partial charge on any atom is 0.161 e. The van der Waals surface area contributed by atoms with Gasteiger partial charge in [0.2, 0.25) is 0 Å². The molecule has 112 valence electrons. The normalized spacial score (nSPS) is 10.4. The standard InChI is InChI=1S/C15H19N3O2S/c1-3-19-14-10-11(15(16)21)4-5-13(14)20-9-7-12-6-8-17-18(12)2/h4-6,8,10H,3,7,9H2,1-2H3,(H2,16,21). The molecule has 0 amide bonds. The number of nitrogens with zero attached hydrogens (tertiary/aromatic N) is 2. The molecule has 1 heterocycles. The lowest BCUT2D eigenvalue weighted by molar-refractivity contribution is 0.277. The second kappa shape index (κ2) is 7.08. The van der Waals surface area contributed by atoms with Crippen LogP contribution >= 0.6 is 12.2 Å². The van der Waals surface area contributed by atoms with Gasteiger partial charge in [-0.2, -0.15) is 5.10 Å². The Morgan fingerprint density at radius 3 is 2.71 bits per heavy atom. The van der Waals surface area contributed by atoms with Crippen LogP contribution in [0.4, 0.5) is 0 Å². The molecule has 21 heavy (non-hydrogen) atoms. The lowest BCUT2D eigenvalue weighted by Gasteiger charge is -2.13. The summed E-state index contributed by atoms with van der Waals surface area (Å²) in [5.74, 6) is 1.35. The van der Waals surface area contributed by atoms with E-state index in [2.05, 4.69) is 5.10 Å². The number of nitrogens with two attached hydrogens (primary N) is 1. The number of rotatable bonds is 7. The van der Waals surface area contributed by atoms with Gasteiger partial charge < -0.3 is 15.2 Å². The van der Waals surface area contributed by atoms with Crippen molar-refractivity contribution in [1.29, 1.82) is 0 Å². The molecule has 0 unspecified atom stereocenters. The van der Waals surface area contributed by atoms with E-state index in [-0.39, 0.29) is 0 Å². The predicted octanol–water partition coefficient (Wildman–Crippen LogP) is 2.07. The molecule has 0 aliphatic heterocycles. The van der Waals surface area contributed by atoms with E-state index >= 15 is 0 Å². The van der Waals surface area contributed by atoms with E-state index < -0.39 is 0 Å². The Kier molecular flexibility index (Phi) is 5.16. The molecule has 2 N–H and O–H groups in total. The number of hydrogen-bond donors (Lipinski definition) is 1. The zero-order chi connectivity index (χ0) is 15.2. The van der Waals surface area contributed by atoms with Gasteiger partial charge in [-0.3, -0.25) is 4.68 Å². The van der Waals surface area contributed by atoms with E-state index in [9.17, 15) is 0 Å². The fraction of sp³-hybridized carbons (Fsp3) is 0.333. The molecule has 5 nitrogen and oxygen atoms in total. The summed E-state index contributed by atoms with van der Waals surface area (Å²) in [6.45, 7) is 3.03. The predicted molar refractivity (Wildman–Crippen MR) is 85.9 cm³/mol. The van der Waals surface area contributed by atoms with Crippen molar-refractivity contribution >= 4 is 17.2 Å². The third-order valence-corrected chi connectivity index (χ3v) is 3.30. The first-order valence-electron chi connectivity index (χ1n) is 6.78. The van der Waals surface area contributed by atoms with Crippen LogP contribution in [0.15, 0.2) is 30.5 Å². The van der Waals surface area contributed by atoms with Crippen LogP contribution in [-0.2, 0) is 13.5 Å². The summed E-state index contributed by atoms with van der Waals surface area (Å²) < 4.78 is 13.2. The first-order chi connectivity index (χ1) is 10.1. The SMILES string of the molecule is CCOc1cc(C(N)=S)ccc1OCCc1ccnn1C. The van der Waals surface area contributed by atoms with Crippen LogP contribution in [0.1, 0.15) is 18.2 Å². The highest BCUT2D eigenvalue weighted by atomic mass is 32.1. The van der Waals surface area contributed by atoms with Crippen molar-refractivity contribution in [3.63, 3.8) is 0 Å². The molecule has 0 saturated heterocycles. The Morgan fingerprint density at radius 2 is 2.10 bits per heavy atom. The van der Waals surface area contributed by atoms with Crippen LogP contribution in [0.25, 0.3) is 0 Å². The first-order valence-corrected chi connectivity index (χ1v) is 7.19. The minimum absolute atomic E-state index is 0.345. The first kappa shape index (κ1) is 15.3. The second-order valence-electron chi connectivity index (χ2n) is 4.50. The van der Waals surface area contributed by atoms with Crippen molar-refractivity contribution in [3.8, 4) is 11.5 Å². The minimum Gasteiger partial charge on any atom is -0.490 e. The second-order valence-corrected chi connectivity index (χ2v) is 4.94. The summed E-state index contributed by atoms with van der Waals surface area (Å²) in [5.41, 5.74) is 7.52. The Bertz CT molecular complexity index is 625. The highest BCUT2D eigenvalue weighted by molar-refractivity contribution is 7.80. The monoisotopic (exact) mass is 305 g/mol. The lowest BCUT2D eigenvalue weighted by Crippen LogP contribution is -2.11. The Morgan fingerprint density at radius 1 is 1.29 bits per heavy atom. The van der Waals surface area contributed by atoms with Crippen molar-refractivity contribution in [2.24, 2.45) is 12.8 Å². The van der Waals surface area contributed by atoms with Crippen LogP contribution in [-0.4, -0.2) is 28.0 Å². The highest BCUT2D eigenvalue weighted by Crippen LogP contribution is 2.28. The van der Waals surface area contributed by atoms with Gasteiger partial charge in [0.05, 0.1) is 13.2 Å². The highest BCUT2D eigenvalue weighted by Gasteiger charge is 2.08. The van der Waals surface area contributed by atoms with Gasteiger partial charge in [-0.05, 0) is 31.2 Å². The molecule has 0 fully saturated rings. The molecular weight excluding hydrogens is 286 g/mol. The van der Waals surface area contributed by atoms with Gasteiger partial charge in [0.1, 0.15) is 4.99 Å². The van der Waals surface area contributed by atoms with Crippen LogP contribution < -0.4 is 15.2 Å². The van der Waals surface area contributed by atoms with E-state index in [0.29, 0.717) is 29.7 Å². The summed E-state index contributed by atoms with van der Waals surface area (Å²) in [6.07, 6.45) is 2.55. The summed E-state index contributed by atoms with van der Waals surface area (Å²) in [4.78, 5) is 0.345. The number of ether oxygens (including phenoxy) is 2. The summed E-state index contributed by atoms with van der Waals surface area (Å²) in [5, 5.41) is 4.13. The van der Waals surface area contributed by atoms with Crippen molar-refractivity contribution in [3.05, 3.63) is 41.7 Å². The van der Waals surface area contributed by atoms with Gasteiger partial charge >= 0.3 is 0 Å². The molecule has 1 aromatic heterocycles. The van der Waals surface area contributed by atoms with Crippen molar-refractivity contribution in [2.75, 3.05) is 13.2 Å². The maximum atomic E-state index is 5.80. The van der Waals surface area contributed by atoms with Gasteiger partial charge in [-0.1, -0.05) is 12.2 Å². The zero-order valence-electron chi connectivity index (χ0n) is 12.2. The number of aryl methyl sites for hydroxylation is 1. The summed E-state index contributed by atoms with van der Waals surface area (Å²) >= 11 is 4.98. The van der Waals surface area contributed by atoms with Crippen molar-refractivity contribution in [2.45, 2.75) is 13.3 Å². The van der Waals surface area contributed by atoms with Gasteiger partial charge in [0.25, 0.3) is 0 Å². The van der Waals surface area contributed by atoms with Gasteiger partial charge in [-0.15, -0.1) is 0 Å². The van der Waals surface area contributed by atoms with Crippen LogP contribution in [0.2, 0.25) is 0 Å². The molecular formula is C15H19N3O2S. The molecule has 1 aromatic carbocycles. The largest absolute Gasteiger partial charge is 0.490 e. The molecule has 0 bridgehead atoms. The van der Waals surface area contributed by atoms with Crippen molar-refractivity contribution in [1.82, 2.24) is 9.78 Å². The average molecular weight is 305 g/mol. The third-order valence-electron chi connectivity index (χ3n) is 3.07.